The van der Waals surface area contributed by atoms with Gasteiger partial charge in [-0.1, -0.05) is 11.6 Å². The summed E-state index contributed by atoms with van der Waals surface area (Å²) in [5, 5.41) is 10.2. The van der Waals surface area contributed by atoms with Crippen molar-refractivity contribution in [3.8, 4) is 5.88 Å². The maximum atomic E-state index is 10.8. The number of hydrogen-bond acceptors (Lipinski definition) is 7. The Bertz CT molecular complexity index is 424. The highest BCUT2D eigenvalue weighted by Gasteiger charge is 2.23. The van der Waals surface area contributed by atoms with Crippen LogP contribution in [0.2, 0.25) is 5.15 Å². The molecule has 9 heteroatoms. The van der Waals surface area contributed by atoms with Gasteiger partial charge in [0.1, 0.15) is 6.33 Å². The molecule has 0 radical (unpaired) electrons. The third kappa shape index (κ3) is 2.76. The summed E-state index contributed by atoms with van der Waals surface area (Å²) in [5.41, 5.74) is -0.590. The summed E-state index contributed by atoms with van der Waals surface area (Å²) in [4.78, 5) is 27.5. The van der Waals surface area contributed by atoms with Crippen molar-refractivity contribution in [2.75, 3.05) is 13.7 Å². The van der Waals surface area contributed by atoms with Crippen LogP contribution in [0.5, 0.6) is 5.88 Å². The van der Waals surface area contributed by atoms with Crippen LogP contribution < -0.4 is 4.74 Å². The molecule has 1 aromatic heterocycles. The van der Waals surface area contributed by atoms with E-state index in [-0.39, 0.29) is 11.0 Å². The van der Waals surface area contributed by atoms with Crippen molar-refractivity contribution in [2.45, 2.75) is 0 Å². The highest BCUT2D eigenvalue weighted by Crippen LogP contribution is 2.29. The number of halogens is 1. The first-order valence-electron chi connectivity index (χ1n) is 3.90. The van der Waals surface area contributed by atoms with Gasteiger partial charge in [-0.3, -0.25) is 10.1 Å². The highest BCUT2D eigenvalue weighted by atomic mass is 35.5. The Kier molecular flexibility index (Phi) is 3.95. The number of rotatable bonds is 4. The molecule has 1 heterocycles. The molecule has 0 unspecified atom stereocenters. The molecule has 0 bridgehead atoms. The van der Waals surface area contributed by atoms with E-state index >= 15 is 0 Å². The molecule has 0 saturated carbocycles. The lowest BCUT2D eigenvalue weighted by molar-refractivity contribution is -0.386. The SMILES string of the molecule is COC(=O)COc1ncnc(Cl)c1[N+](=O)[O-]. The largest absolute Gasteiger partial charge is 0.466 e. The van der Waals surface area contributed by atoms with Gasteiger partial charge in [0.25, 0.3) is 5.88 Å². The number of nitrogens with zero attached hydrogens (tertiary/aromatic N) is 3. The molecule has 0 fully saturated rings. The van der Waals surface area contributed by atoms with Gasteiger partial charge in [-0.15, -0.1) is 0 Å². The van der Waals surface area contributed by atoms with Gasteiger partial charge in [0, 0.05) is 0 Å². The molecule has 0 spiro atoms. The van der Waals surface area contributed by atoms with E-state index in [0.717, 1.165) is 13.4 Å². The molecule has 86 valence electrons. The van der Waals surface area contributed by atoms with Crippen molar-refractivity contribution < 1.29 is 19.2 Å². The van der Waals surface area contributed by atoms with Gasteiger partial charge in [0.15, 0.2) is 6.61 Å². The molecule has 0 amide bonds. The van der Waals surface area contributed by atoms with E-state index in [1.165, 1.54) is 0 Å². The zero-order valence-electron chi connectivity index (χ0n) is 8.05. The third-order valence-corrected chi connectivity index (χ3v) is 1.76. The normalized spacial score (nSPS) is 9.62. The van der Waals surface area contributed by atoms with Crippen molar-refractivity contribution in [1.29, 1.82) is 0 Å². The molecule has 8 nitrogen and oxygen atoms in total. The Balaban J connectivity index is 2.91. The predicted octanol–water partition coefficient (Wildman–Crippen LogP) is 0.590. The minimum absolute atomic E-state index is 0.361. The van der Waals surface area contributed by atoms with Gasteiger partial charge < -0.3 is 9.47 Å². The lowest BCUT2D eigenvalue weighted by atomic mass is 10.5. The topological polar surface area (TPSA) is 104 Å². The third-order valence-electron chi connectivity index (χ3n) is 1.48. The second-order valence-electron chi connectivity index (χ2n) is 2.44. The van der Waals surface area contributed by atoms with E-state index in [1.807, 2.05) is 0 Å². The fourth-order valence-electron chi connectivity index (χ4n) is 0.788. The summed E-state index contributed by atoms with van der Waals surface area (Å²) in [6.45, 7) is -0.495. The Morgan fingerprint density at radius 2 is 2.31 bits per heavy atom. The average molecular weight is 248 g/mol. The molecule has 1 aromatic rings. The monoisotopic (exact) mass is 247 g/mol. The average Bonchev–Trinajstić information content (AvgIpc) is 2.25. The Morgan fingerprint density at radius 1 is 1.62 bits per heavy atom. The molecule has 0 atom stereocenters. The molecule has 0 aliphatic heterocycles. The first kappa shape index (κ1) is 12.1. The highest BCUT2D eigenvalue weighted by molar-refractivity contribution is 6.31. The molecule has 1 rings (SSSR count). The minimum Gasteiger partial charge on any atom is -0.466 e. The van der Waals surface area contributed by atoms with Gasteiger partial charge in [-0.05, 0) is 0 Å². The number of ether oxygens (including phenoxy) is 2. The van der Waals surface area contributed by atoms with Crippen LogP contribution in [0.25, 0.3) is 0 Å². The van der Waals surface area contributed by atoms with Gasteiger partial charge >= 0.3 is 11.7 Å². The van der Waals surface area contributed by atoms with E-state index in [4.69, 9.17) is 16.3 Å². The minimum atomic E-state index is -0.797. The molecule has 0 aliphatic carbocycles. The second kappa shape index (κ2) is 5.21. The summed E-state index contributed by atoms with van der Waals surface area (Å²) in [5.74, 6) is -1.07. The van der Waals surface area contributed by atoms with Gasteiger partial charge in [-0.25, -0.2) is 9.78 Å². The number of nitro groups is 1. The smallest absolute Gasteiger partial charge is 0.367 e. The van der Waals surface area contributed by atoms with Crippen molar-refractivity contribution in [2.24, 2.45) is 0 Å². The Hall–Kier alpha value is -1.96. The van der Waals surface area contributed by atoms with E-state index in [1.54, 1.807) is 0 Å². The van der Waals surface area contributed by atoms with Crippen LogP contribution in [-0.4, -0.2) is 34.6 Å². The van der Waals surface area contributed by atoms with Gasteiger partial charge in [0.05, 0.1) is 12.0 Å². The fourth-order valence-corrected chi connectivity index (χ4v) is 0.981. The fraction of sp³-hybridized carbons (Fsp3) is 0.286. The predicted molar refractivity (Wildman–Crippen MR) is 51.2 cm³/mol. The molecule has 0 N–H and O–H groups in total. The first-order chi connectivity index (χ1) is 7.56. The van der Waals surface area contributed by atoms with Crippen LogP contribution in [0.1, 0.15) is 0 Å². The summed E-state index contributed by atoms with van der Waals surface area (Å²) < 4.78 is 9.07. The van der Waals surface area contributed by atoms with Crippen molar-refractivity contribution in [3.05, 3.63) is 21.6 Å². The zero-order chi connectivity index (χ0) is 12.1. The molecule has 16 heavy (non-hydrogen) atoms. The van der Waals surface area contributed by atoms with E-state index in [2.05, 4.69) is 14.7 Å². The first-order valence-corrected chi connectivity index (χ1v) is 4.28. The van der Waals surface area contributed by atoms with Crippen molar-refractivity contribution in [3.63, 3.8) is 0 Å². The second-order valence-corrected chi connectivity index (χ2v) is 2.80. The van der Waals surface area contributed by atoms with E-state index < -0.39 is 23.2 Å². The molecule has 0 aliphatic rings. The number of hydrogen-bond donors (Lipinski definition) is 0. The maximum absolute atomic E-state index is 10.8. The Labute approximate surface area is 94.3 Å². The van der Waals surface area contributed by atoms with E-state index in [0.29, 0.717) is 0 Å². The number of carbonyl (C=O) groups excluding carboxylic acids is 1. The Morgan fingerprint density at radius 3 is 2.88 bits per heavy atom. The van der Waals surface area contributed by atoms with Crippen molar-refractivity contribution in [1.82, 2.24) is 9.97 Å². The van der Waals surface area contributed by atoms with Crippen LogP contribution in [0.15, 0.2) is 6.33 Å². The van der Waals surface area contributed by atoms with Crippen LogP contribution in [0.4, 0.5) is 5.69 Å². The van der Waals surface area contributed by atoms with E-state index in [9.17, 15) is 14.9 Å². The number of carbonyl (C=O) groups is 1. The number of methoxy groups -OCH3 is 1. The van der Waals surface area contributed by atoms with Crippen LogP contribution in [0, 0.1) is 10.1 Å². The molecule has 0 saturated heterocycles. The van der Waals surface area contributed by atoms with Crippen molar-refractivity contribution >= 4 is 23.3 Å². The standard InChI is InChI=1S/C7H6ClN3O5/c1-15-4(12)2-16-7-5(11(13)14)6(8)9-3-10-7/h3H,2H2,1H3. The summed E-state index contributed by atoms with van der Waals surface area (Å²) >= 11 is 5.48. The van der Waals surface area contributed by atoms with Crippen LogP contribution >= 0.6 is 11.6 Å². The number of esters is 1. The lowest BCUT2D eigenvalue weighted by Crippen LogP contribution is -2.14. The maximum Gasteiger partial charge on any atom is 0.367 e. The quantitative estimate of drug-likeness (QED) is 0.332. The van der Waals surface area contributed by atoms with Gasteiger partial charge in [-0.2, -0.15) is 4.98 Å². The molecular formula is C7H6ClN3O5. The lowest BCUT2D eigenvalue weighted by Gasteiger charge is -2.03. The molecular weight excluding hydrogens is 242 g/mol. The van der Waals surface area contributed by atoms with Crippen LogP contribution in [0.3, 0.4) is 0 Å². The number of aromatic nitrogens is 2. The summed E-state index contributed by atoms with van der Waals surface area (Å²) in [6.07, 6.45) is 0.988. The molecule has 0 aromatic carbocycles. The zero-order valence-corrected chi connectivity index (χ0v) is 8.80. The van der Waals surface area contributed by atoms with Gasteiger partial charge in [0.2, 0.25) is 5.15 Å². The summed E-state index contributed by atoms with van der Waals surface area (Å²) in [7, 11) is 1.16. The van der Waals surface area contributed by atoms with Crippen LogP contribution in [-0.2, 0) is 9.53 Å². The summed E-state index contributed by atoms with van der Waals surface area (Å²) in [6, 6.07) is 0.